The van der Waals surface area contributed by atoms with Crippen molar-refractivity contribution in [3.05, 3.63) is 0 Å². The lowest BCUT2D eigenvalue weighted by Gasteiger charge is -2.27. The molecule has 82 valence electrons. The van der Waals surface area contributed by atoms with Crippen molar-refractivity contribution in [1.82, 2.24) is 10.2 Å². The normalized spacial score (nSPS) is 15.1. The molecule has 0 fully saturated rings. The van der Waals surface area contributed by atoms with Crippen molar-refractivity contribution < 1.29 is 4.74 Å². The number of hydrogen-bond acceptors (Lipinski definition) is 4. The Morgan fingerprint density at radius 3 is 2.64 bits per heavy atom. The number of likely N-dealkylation sites (N-methyl/N-ethyl adjacent to an activating group) is 2. The molecule has 4 heteroatoms. The largest absolute Gasteiger partial charge is 0.385 e. The molecule has 0 aromatic heterocycles. The van der Waals surface area contributed by atoms with Gasteiger partial charge in [0.05, 0.1) is 6.07 Å². The second kappa shape index (κ2) is 6.77. The highest BCUT2D eigenvalue weighted by atomic mass is 16.5. The Balaban J connectivity index is 3.81. The summed E-state index contributed by atoms with van der Waals surface area (Å²) < 4.78 is 4.97. The van der Waals surface area contributed by atoms with Gasteiger partial charge in [0.25, 0.3) is 0 Å². The summed E-state index contributed by atoms with van der Waals surface area (Å²) >= 11 is 0. The van der Waals surface area contributed by atoms with Crippen molar-refractivity contribution in [1.29, 1.82) is 5.26 Å². The Hall–Kier alpha value is -0.630. The third-order valence-electron chi connectivity index (χ3n) is 2.27. The van der Waals surface area contributed by atoms with Crippen molar-refractivity contribution in [2.75, 3.05) is 40.9 Å². The van der Waals surface area contributed by atoms with E-state index in [0.717, 1.165) is 26.1 Å². The summed E-state index contributed by atoms with van der Waals surface area (Å²) in [4.78, 5) is 2.14. The quantitative estimate of drug-likeness (QED) is 0.605. The molecule has 0 bridgehead atoms. The van der Waals surface area contributed by atoms with Gasteiger partial charge in [0.15, 0.2) is 0 Å². The monoisotopic (exact) mass is 199 g/mol. The van der Waals surface area contributed by atoms with E-state index in [1.807, 2.05) is 21.0 Å². The first-order valence-corrected chi connectivity index (χ1v) is 4.85. The van der Waals surface area contributed by atoms with E-state index in [2.05, 4.69) is 16.3 Å². The maximum Gasteiger partial charge on any atom is 0.116 e. The van der Waals surface area contributed by atoms with Crippen LogP contribution in [0.2, 0.25) is 0 Å². The first-order valence-electron chi connectivity index (χ1n) is 4.85. The number of nitrogens with zero attached hydrogens (tertiary/aromatic N) is 2. The number of methoxy groups -OCH3 is 1. The SMILES string of the molecule is CNC(C)(C#N)CN(C)CCCOC. The van der Waals surface area contributed by atoms with E-state index in [0.29, 0.717) is 0 Å². The Bertz CT molecular complexity index is 190. The first-order chi connectivity index (χ1) is 6.58. The van der Waals surface area contributed by atoms with E-state index in [-0.39, 0.29) is 0 Å². The fourth-order valence-corrected chi connectivity index (χ4v) is 1.27. The standard InChI is InChI=1S/C10H21N3O/c1-10(8-11,12-2)9-13(3)6-5-7-14-4/h12H,5-7,9H2,1-4H3. The average molecular weight is 199 g/mol. The molecular weight excluding hydrogens is 178 g/mol. The Labute approximate surface area is 86.8 Å². The van der Waals surface area contributed by atoms with Gasteiger partial charge < -0.3 is 15.0 Å². The smallest absolute Gasteiger partial charge is 0.116 e. The topological polar surface area (TPSA) is 48.3 Å². The fraction of sp³-hybridized carbons (Fsp3) is 0.900. The van der Waals surface area contributed by atoms with Crippen LogP contribution in [0, 0.1) is 11.3 Å². The molecular formula is C10H21N3O. The maximum absolute atomic E-state index is 8.94. The summed E-state index contributed by atoms with van der Waals surface area (Å²) in [6, 6.07) is 2.27. The van der Waals surface area contributed by atoms with Crippen molar-refractivity contribution in [3.63, 3.8) is 0 Å². The molecule has 0 spiro atoms. The number of nitriles is 1. The summed E-state index contributed by atoms with van der Waals surface area (Å²) in [5, 5.41) is 12.0. The van der Waals surface area contributed by atoms with Gasteiger partial charge in [0.2, 0.25) is 0 Å². The minimum atomic E-state index is -0.457. The Morgan fingerprint density at radius 2 is 2.21 bits per heavy atom. The van der Waals surface area contributed by atoms with E-state index in [4.69, 9.17) is 10.00 Å². The van der Waals surface area contributed by atoms with Crippen LogP contribution >= 0.6 is 0 Å². The van der Waals surface area contributed by atoms with Crippen molar-refractivity contribution in [2.24, 2.45) is 0 Å². The molecule has 0 heterocycles. The minimum Gasteiger partial charge on any atom is -0.385 e. The molecule has 0 saturated carbocycles. The van der Waals surface area contributed by atoms with Crippen LogP contribution in [0.15, 0.2) is 0 Å². The molecule has 0 rings (SSSR count). The summed E-state index contributed by atoms with van der Waals surface area (Å²) in [5.74, 6) is 0. The zero-order chi connectivity index (χ0) is 11.0. The molecule has 0 aliphatic carbocycles. The molecule has 0 aliphatic heterocycles. The molecule has 1 unspecified atom stereocenters. The molecule has 4 nitrogen and oxygen atoms in total. The second-order valence-electron chi connectivity index (χ2n) is 3.78. The highest BCUT2D eigenvalue weighted by Gasteiger charge is 2.22. The molecule has 0 radical (unpaired) electrons. The fourth-order valence-electron chi connectivity index (χ4n) is 1.27. The third-order valence-corrected chi connectivity index (χ3v) is 2.27. The highest BCUT2D eigenvalue weighted by molar-refractivity contribution is 5.04. The van der Waals surface area contributed by atoms with Crippen LogP contribution in [-0.4, -0.2) is 51.3 Å². The van der Waals surface area contributed by atoms with Crippen LogP contribution in [0.3, 0.4) is 0 Å². The van der Waals surface area contributed by atoms with Gasteiger partial charge >= 0.3 is 0 Å². The van der Waals surface area contributed by atoms with E-state index < -0.39 is 5.54 Å². The number of ether oxygens (including phenoxy) is 1. The maximum atomic E-state index is 8.94. The predicted molar refractivity (Wildman–Crippen MR) is 57.1 cm³/mol. The van der Waals surface area contributed by atoms with Gasteiger partial charge in [-0.25, -0.2) is 0 Å². The molecule has 0 aromatic rings. The van der Waals surface area contributed by atoms with Gasteiger partial charge in [-0.1, -0.05) is 0 Å². The summed E-state index contributed by atoms with van der Waals surface area (Å²) in [5.41, 5.74) is -0.457. The lowest BCUT2D eigenvalue weighted by atomic mass is 10.0. The number of hydrogen-bond donors (Lipinski definition) is 1. The molecule has 0 saturated heterocycles. The first kappa shape index (κ1) is 13.4. The van der Waals surface area contributed by atoms with Crippen LogP contribution in [0.5, 0.6) is 0 Å². The van der Waals surface area contributed by atoms with Crippen LogP contribution in [0.4, 0.5) is 0 Å². The third kappa shape index (κ3) is 5.18. The van der Waals surface area contributed by atoms with Crippen molar-refractivity contribution in [2.45, 2.75) is 18.9 Å². The molecule has 1 N–H and O–H groups in total. The van der Waals surface area contributed by atoms with Crippen LogP contribution in [0.1, 0.15) is 13.3 Å². The number of rotatable bonds is 7. The molecule has 0 amide bonds. The van der Waals surface area contributed by atoms with Crippen LogP contribution < -0.4 is 5.32 Å². The number of nitrogens with one attached hydrogen (secondary N) is 1. The van der Waals surface area contributed by atoms with Gasteiger partial charge in [0, 0.05) is 26.8 Å². The molecule has 1 atom stereocenters. The second-order valence-corrected chi connectivity index (χ2v) is 3.78. The lowest BCUT2D eigenvalue weighted by Crippen LogP contribution is -2.48. The predicted octanol–water partition coefficient (Wildman–Crippen LogP) is 0.456. The van der Waals surface area contributed by atoms with Gasteiger partial charge in [0.1, 0.15) is 5.54 Å². The average Bonchev–Trinajstić information content (AvgIpc) is 2.18. The van der Waals surface area contributed by atoms with Crippen LogP contribution in [0.25, 0.3) is 0 Å². The van der Waals surface area contributed by atoms with Crippen molar-refractivity contribution in [3.8, 4) is 6.07 Å². The van der Waals surface area contributed by atoms with E-state index in [1.165, 1.54) is 0 Å². The van der Waals surface area contributed by atoms with E-state index in [9.17, 15) is 0 Å². The zero-order valence-electron chi connectivity index (χ0n) is 9.63. The van der Waals surface area contributed by atoms with E-state index >= 15 is 0 Å². The lowest BCUT2D eigenvalue weighted by molar-refractivity contribution is 0.173. The summed E-state index contributed by atoms with van der Waals surface area (Å²) in [7, 11) is 5.53. The van der Waals surface area contributed by atoms with E-state index in [1.54, 1.807) is 7.11 Å². The zero-order valence-corrected chi connectivity index (χ0v) is 9.63. The Morgan fingerprint density at radius 1 is 1.57 bits per heavy atom. The van der Waals surface area contributed by atoms with Gasteiger partial charge in [-0.2, -0.15) is 5.26 Å². The summed E-state index contributed by atoms with van der Waals surface area (Å²) in [6.45, 7) is 4.35. The highest BCUT2D eigenvalue weighted by Crippen LogP contribution is 2.03. The van der Waals surface area contributed by atoms with Gasteiger partial charge in [-0.05, 0) is 27.4 Å². The Kier molecular flexibility index (Phi) is 6.46. The van der Waals surface area contributed by atoms with Crippen molar-refractivity contribution >= 4 is 0 Å². The molecule has 0 aromatic carbocycles. The summed E-state index contributed by atoms with van der Waals surface area (Å²) in [6.07, 6.45) is 0.998. The minimum absolute atomic E-state index is 0.457. The molecule has 0 aliphatic rings. The molecule has 14 heavy (non-hydrogen) atoms. The van der Waals surface area contributed by atoms with Gasteiger partial charge in [-0.15, -0.1) is 0 Å². The van der Waals surface area contributed by atoms with Crippen LogP contribution in [-0.2, 0) is 4.74 Å². The van der Waals surface area contributed by atoms with Gasteiger partial charge in [-0.3, -0.25) is 0 Å².